The van der Waals surface area contributed by atoms with Gasteiger partial charge in [0, 0.05) is 17.2 Å². The molecule has 0 aliphatic carbocycles. The van der Waals surface area contributed by atoms with Crippen LogP contribution in [0.4, 0.5) is 0 Å². The molecule has 84 valence electrons. The van der Waals surface area contributed by atoms with Crippen LogP contribution in [0.5, 0.6) is 11.5 Å². The highest BCUT2D eigenvalue weighted by molar-refractivity contribution is 5.99. The molecule has 0 radical (unpaired) electrons. The molecule has 0 unspecified atom stereocenters. The van der Waals surface area contributed by atoms with Crippen LogP contribution < -0.4 is 9.47 Å². The van der Waals surface area contributed by atoms with Crippen molar-refractivity contribution in [2.45, 2.75) is 13.8 Å². The van der Waals surface area contributed by atoms with Crippen LogP contribution in [0.3, 0.4) is 0 Å². The van der Waals surface area contributed by atoms with Gasteiger partial charge in [0.15, 0.2) is 5.78 Å². The normalized spacial score (nSPS) is 13.5. The Balaban J connectivity index is 2.32. The van der Waals surface area contributed by atoms with Crippen molar-refractivity contribution in [2.75, 3.05) is 13.2 Å². The number of carbonyl (C=O) groups is 1. The first kappa shape index (κ1) is 10.7. The highest BCUT2D eigenvalue weighted by atomic mass is 16.5. The highest BCUT2D eigenvalue weighted by Crippen LogP contribution is 2.30. The maximum Gasteiger partial charge on any atom is 0.159 e. The monoisotopic (exact) mass is 218 g/mol. The first-order chi connectivity index (χ1) is 7.70. The van der Waals surface area contributed by atoms with Gasteiger partial charge in [-0.15, -0.1) is 0 Å². The van der Waals surface area contributed by atoms with Crippen LogP contribution in [-0.4, -0.2) is 19.0 Å². The van der Waals surface area contributed by atoms with E-state index in [1.165, 1.54) is 0 Å². The third kappa shape index (κ3) is 2.08. The van der Waals surface area contributed by atoms with E-state index in [1.54, 1.807) is 6.92 Å². The molecule has 2 rings (SSSR count). The van der Waals surface area contributed by atoms with Gasteiger partial charge in [-0.3, -0.25) is 4.79 Å². The zero-order chi connectivity index (χ0) is 11.5. The number of ether oxygens (including phenoxy) is 2. The molecule has 0 bridgehead atoms. The summed E-state index contributed by atoms with van der Waals surface area (Å²) >= 11 is 0. The number of hydrogen-bond donors (Lipinski definition) is 0. The molecule has 0 N–H and O–H groups in total. The van der Waals surface area contributed by atoms with E-state index in [1.807, 2.05) is 31.2 Å². The van der Waals surface area contributed by atoms with Crippen molar-refractivity contribution in [1.82, 2.24) is 0 Å². The molecule has 0 amide bonds. The zero-order valence-electron chi connectivity index (χ0n) is 9.45. The number of rotatable bonds is 3. The summed E-state index contributed by atoms with van der Waals surface area (Å²) < 4.78 is 10.9. The Bertz CT molecular complexity index is 446. The largest absolute Gasteiger partial charge is 0.494 e. The van der Waals surface area contributed by atoms with Crippen molar-refractivity contribution < 1.29 is 14.3 Å². The summed E-state index contributed by atoms with van der Waals surface area (Å²) in [7, 11) is 0. The second-order valence-corrected chi connectivity index (χ2v) is 3.65. The van der Waals surface area contributed by atoms with Gasteiger partial charge in [0.25, 0.3) is 0 Å². The lowest BCUT2D eigenvalue weighted by Crippen LogP contribution is -2.12. The maximum atomic E-state index is 11.2. The Morgan fingerprint density at radius 3 is 3.00 bits per heavy atom. The quantitative estimate of drug-likeness (QED) is 0.781. The van der Waals surface area contributed by atoms with Crippen molar-refractivity contribution in [3.05, 3.63) is 29.3 Å². The Kier molecular flexibility index (Phi) is 2.95. The lowest BCUT2D eigenvalue weighted by atomic mass is 10.1. The van der Waals surface area contributed by atoms with Gasteiger partial charge in [-0.2, -0.15) is 0 Å². The van der Waals surface area contributed by atoms with Gasteiger partial charge in [-0.05, 0) is 32.1 Å². The molecule has 1 aromatic rings. The Morgan fingerprint density at radius 2 is 2.31 bits per heavy atom. The minimum absolute atomic E-state index is 0.0551. The van der Waals surface area contributed by atoms with Gasteiger partial charge in [-0.1, -0.05) is 0 Å². The van der Waals surface area contributed by atoms with E-state index >= 15 is 0 Å². The van der Waals surface area contributed by atoms with Crippen LogP contribution in [0.1, 0.15) is 19.4 Å². The average Bonchev–Trinajstić information content (AvgIpc) is 2.28. The smallest absolute Gasteiger partial charge is 0.159 e. The molecular weight excluding hydrogens is 204 g/mol. The summed E-state index contributed by atoms with van der Waals surface area (Å²) in [6.45, 7) is 4.47. The van der Waals surface area contributed by atoms with E-state index in [0.717, 1.165) is 17.1 Å². The minimum Gasteiger partial charge on any atom is -0.494 e. The van der Waals surface area contributed by atoms with E-state index < -0.39 is 0 Å². The lowest BCUT2D eigenvalue weighted by Gasteiger charge is -2.17. The van der Waals surface area contributed by atoms with Crippen molar-refractivity contribution in [3.8, 4) is 11.5 Å². The molecular formula is C13H14O3. The average molecular weight is 218 g/mol. The molecule has 0 spiro atoms. The molecule has 0 saturated carbocycles. The van der Waals surface area contributed by atoms with Crippen LogP contribution in [0.2, 0.25) is 0 Å². The molecule has 0 saturated heterocycles. The Labute approximate surface area is 94.7 Å². The number of carbonyl (C=O) groups excluding carboxylic acids is 1. The first-order valence-corrected chi connectivity index (χ1v) is 5.32. The highest BCUT2D eigenvalue weighted by Gasteiger charge is 2.14. The maximum absolute atomic E-state index is 11.2. The van der Waals surface area contributed by atoms with Crippen molar-refractivity contribution in [2.24, 2.45) is 0 Å². The molecule has 1 aliphatic heterocycles. The number of hydrogen-bond acceptors (Lipinski definition) is 3. The predicted octanol–water partition coefficient (Wildman–Crippen LogP) is 2.45. The van der Waals surface area contributed by atoms with Crippen LogP contribution in [0.15, 0.2) is 23.8 Å². The fourth-order valence-corrected chi connectivity index (χ4v) is 1.60. The molecule has 3 nitrogen and oxygen atoms in total. The minimum atomic E-state index is 0.0551. The molecule has 0 fully saturated rings. The van der Waals surface area contributed by atoms with Gasteiger partial charge >= 0.3 is 0 Å². The van der Waals surface area contributed by atoms with Crippen molar-refractivity contribution in [1.29, 1.82) is 0 Å². The standard InChI is InChI=1S/C13H14O3/c1-3-15-12-5-4-10-6-11(9(2)14)8-16-13(10)7-12/h4-7H,3,8H2,1-2H3. The predicted molar refractivity (Wildman–Crippen MR) is 61.8 cm³/mol. The summed E-state index contributed by atoms with van der Waals surface area (Å²) in [5, 5.41) is 0. The van der Waals surface area contributed by atoms with E-state index in [0.29, 0.717) is 18.8 Å². The van der Waals surface area contributed by atoms with E-state index in [9.17, 15) is 4.79 Å². The van der Waals surface area contributed by atoms with Crippen molar-refractivity contribution >= 4 is 11.9 Å². The molecule has 1 aliphatic rings. The fourth-order valence-electron chi connectivity index (χ4n) is 1.60. The third-order valence-corrected chi connectivity index (χ3v) is 2.46. The fraction of sp³-hybridized carbons (Fsp3) is 0.308. The number of Topliss-reactive ketones (excluding diaryl/α,β-unsaturated/α-hetero) is 1. The van der Waals surface area contributed by atoms with Crippen LogP contribution in [-0.2, 0) is 4.79 Å². The SMILES string of the molecule is CCOc1ccc2c(c1)OCC(C(C)=O)=C2. The second kappa shape index (κ2) is 4.39. The number of fused-ring (bicyclic) bond motifs is 1. The summed E-state index contributed by atoms with van der Waals surface area (Å²) in [6.07, 6.45) is 1.87. The first-order valence-electron chi connectivity index (χ1n) is 5.32. The second-order valence-electron chi connectivity index (χ2n) is 3.65. The zero-order valence-corrected chi connectivity index (χ0v) is 9.45. The van der Waals surface area contributed by atoms with E-state index in [-0.39, 0.29) is 5.78 Å². The number of ketones is 1. The Hall–Kier alpha value is -1.77. The summed E-state index contributed by atoms with van der Waals surface area (Å²) in [6, 6.07) is 5.64. The van der Waals surface area contributed by atoms with Gasteiger partial charge in [0.1, 0.15) is 18.1 Å². The summed E-state index contributed by atoms with van der Waals surface area (Å²) in [4.78, 5) is 11.2. The van der Waals surface area contributed by atoms with Gasteiger partial charge < -0.3 is 9.47 Å². The lowest BCUT2D eigenvalue weighted by molar-refractivity contribution is -0.113. The van der Waals surface area contributed by atoms with Gasteiger partial charge in [0.05, 0.1) is 6.61 Å². The van der Waals surface area contributed by atoms with Gasteiger partial charge in [-0.25, -0.2) is 0 Å². The van der Waals surface area contributed by atoms with Crippen molar-refractivity contribution in [3.63, 3.8) is 0 Å². The van der Waals surface area contributed by atoms with Gasteiger partial charge in [0.2, 0.25) is 0 Å². The summed E-state index contributed by atoms with van der Waals surface area (Å²) in [5.74, 6) is 1.62. The molecule has 16 heavy (non-hydrogen) atoms. The summed E-state index contributed by atoms with van der Waals surface area (Å²) in [5.41, 5.74) is 1.64. The molecule has 1 heterocycles. The number of benzene rings is 1. The van der Waals surface area contributed by atoms with Crippen LogP contribution >= 0.6 is 0 Å². The molecule has 1 aromatic carbocycles. The topological polar surface area (TPSA) is 35.5 Å². The van der Waals surface area contributed by atoms with E-state index in [2.05, 4.69) is 0 Å². The van der Waals surface area contributed by atoms with Crippen LogP contribution in [0, 0.1) is 0 Å². The van der Waals surface area contributed by atoms with Crippen LogP contribution in [0.25, 0.3) is 6.08 Å². The molecule has 0 aromatic heterocycles. The Morgan fingerprint density at radius 1 is 1.50 bits per heavy atom. The molecule has 0 atom stereocenters. The third-order valence-electron chi connectivity index (χ3n) is 2.46. The van der Waals surface area contributed by atoms with E-state index in [4.69, 9.17) is 9.47 Å². The molecule has 3 heteroatoms.